The molecule has 0 saturated heterocycles. The van der Waals surface area contributed by atoms with Crippen molar-refractivity contribution in [3.8, 4) is 11.3 Å². The number of halogens is 1. The van der Waals surface area contributed by atoms with Gasteiger partial charge in [0, 0.05) is 17.7 Å². The summed E-state index contributed by atoms with van der Waals surface area (Å²) in [5, 5.41) is 10.5. The van der Waals surface area contributed by atoms with Gasteiger partial charge in [0.25, 0.3) is 0 Å². The summed E-state index contributed by atoms with van der Waals surface area (Å²) in [7, 11) is 0. The van der Waals surface area contributed by atoms with Crippen LogP contribution in [0.5, 0.6) is 0 Å². The maximum atomic E-state index is 12.9. The highest BCUT2D eigenvalue weighted by molar-refractivity contribution is 5.62. The first-order valence-electron chi connectivity index (χ1n) is 6.32. The van der Waals surface area contributed by atoms with Crippen LogP contribution in [-0.2, 0) is 6.54 Å². The highest BCUT2D eigenvalue weighted by Gasteiger charge is 2.20. The van der Waals surface area contributed by atoms with Crippen LogP contribution in [0.2, 0.25) is 0 Å². The largest absolute Gasteiger partial charge is 0.312 e. The highest BCUT2D eigenvalue weighted by Crippen LogP contribution is 2.28. The van der Waals surface area contributed by atoms with E-state index in [0.717, 1.165) is 35.8 Å². The molecule has 1 aromatic carbocycles. The Hall–Kier alpha value is -1.68. The Morgan fingerprint density at radius 3 is 2.78 bits per heavy atom. The molecule has 0 spiro atoms. The topological polar surface area (TPSA) is 40.7 Å². The van der Waals surface area contributed by atoms with Crippen molar-refractivity contribution < 1.29 is 4.39 Å². The van der Waals surface area contributed by atoms with E-state index in [2.05, 4.69) is 15.5 Å². The molecule has 0 radical (unpaired) electrons. The highest BCUT2D eigenvalue weighted by atomic mass is 19.1. The molecule has 0 aliphatic heterocycles. The van der Waals surface area contributed by atoms with E-state index in [1.165, 1.54) is 25.0 Å². The number of nitrogens with zero attached hydrogens (tertiary/aromatic N) is 1. The predicted molar refractivity (Wildman–Crippen MR) is 68.4 cm³/mol. The minimum atomic E-state index is -0.216. The smallest absolute Gasteiger partial charge is 0.123 e. The summed E-state index contributed by atoms with van der Waals surface area (Å²) < 4.78 is 12.9. The molecule has 0 atom stereocenters. The zero-order chi connectivity index (χ0) is 12.4. The summed E-state index contributed by atoms with van der Waals surface area (Å²) in [4.78, 5) is 0. The number of hydrogen-bond acceptors (Lipinski definition) is 2. The molecular weight excluding hydrogens is 229 g/mol. The third-order valence-corrected chi connectivity index (χ3v) is 3.30. The van der Waals surface area contributed by atoms with Crippen LogP contribution in [0.15, 0.2) is 30.5 Å². The van der Waals surface area contributed by atoms with E-state index in [9.17, 15) is 4.39 Å². The Morgan fingerprint density at radius 1 is 1.28 bits per heavy atom. The minimum absolute atomic E-state index is 0.216. The standard InChI is InChI=1S/C14H16FN3/c15-13-5-3-11(4-6-13)14-12(9-17-18-14)8-16-7-10-1-2-10/h3-6,9-10,16H,1-2,7-8H2,(H,17,18). The monoisotopic (exact) mass is 245 g/mol. The molecule has 1 heterocycles. The average Bonchev–Trinajstić information content (AvgIpc) is 3.08. The summed E-state index contributed by atoms with van der Waals surface area (Å²) in [6.07, 6.45) is 4.53. The van der Waals surface area contributed by atoms with Gasteiger partial charge in [-0.2, -0.15) is 5.10 Å². The predicted octanol–water partition coefficient (Wildman–Crippen LogP) is 2.72. The summed E-state index contributed by atoms with van der Waals surface area (Å²) in [6, 6.07) is 6.48. The van der Waals surface area contributed by atoms with E-state index in [1.54, 1.807) is 12.1 Å². The Bertz CT molecular complexity index is 514. The van der Waals surface area contributed by atoms with Gasteiger partial charge in [-0.05, 0) is 49.6 Å². The van der Waals surface area contributed by atoms with Crippen LogP contribution in [0.4, 0.5) is 4.39 Å². The Labute approximate surface area is 105 Å². The average molecular weight is 245 g/mol. The second kappa shape index (κ2) is 4.90. The molecule has 94 valence electrons. The molecule has 2 N–H and O–H groups in total. The van der Waals surface area contributed by atoms with E-state index in [1.807, 2.05) is 6.20 Å². The quantitative estimate of drug-likeness (QED) is 0.850. The summed E-state index contributed by atoms with van der Waals surface area (Å²) >= 11 is 0. The van der Waals surface area contributed by atoms with Crippen molar-refractivity contribution in [2.45, 2.75) is 19.4 Å². The van der Waals surface area contributed by atoms with Gasteiger partial charge in [-0.1, -0.05) is 0 Å². The molecule has 2 aromatic rings. The maximum absolute atomic E-state index is 12.9. The number of benzene rings is 1. The Morgan fingerprint density at radius 2 is 2.06 bits per heavy atom. The van der Waals surface area contributed by atoms with Gasteiger partial charge in [-0.15, -0.1) is 0 Å². The molecule has 0 bridgehead atoms. The third kappa shape index (κ3) is 2.59. The summed E-state index contributed by atoms with van der Waals surface area (Å²) in [6.45, 7) is 1.88. The molecule has 4 heteroatoms. The van der Waals surface area contributed by atoms with Crippen molar-refractivity contribution in [3.05, 3.63) is 41.8 Å². The molecule has 1 aliphatic carbocycles. The first-order valence-corrected chi connectivity index (χ1v) is 6.32. The number of H-pyrrole nitrogens is 1. The van der Waals surface area contributed by atoms with E-state index >= 15 is 0 Å². The molecule has 1 fully saturated rings. The normalized spacial score (nSPS) is 14.9. The first-order chi connectivity index (χ1) is 8.83. The van der Waals surface area contributed by atoms with Crippen LogP contribution in [0.25, 0.3) is 11.3 Å². The number of aromatic amines is 1. The first kappa shape index (κ1) is 11.4. The van der Waals surface area contributed by atoms with E-state index < -0.39 is 0 Å². The van der Waals surface area contributed by atoms with Gasteiger partial charge in [0.1, 0.15) is 5.82 Å². The van der Waals surface area contributed by atoms with Gasteiger partial charge in [0.2, 0.25) is 0 Å². The van der Waals surface area contributed by atoms with E-state index in [0.29, 0.717) is 0 Å². The fourth-order valence-corrected chi connectivity index (χ4v) is 2.04. The molecular formula is C14H16FN3. The fraction of sp³-hybridized carbons (Fsp3) is 0.357. The fourth-order valence-electron chi connectivity index (χ4n) is 2.04. The molecule has 0 unspecified atom stereocenters. The number of nitrogens with one attached hydrogen (secondary N) is 2. The molecule has 3 nitrogen and oxygen atoms in total. The van der Waals surface area contributed by atoms with Crippen molar-refractivity contribution in [1.82, 2.24) is 15.5 Å². The van der Waals surface area contributed by atoms with Crippen LogP contribution in [0, 0.1) is 11.7 Å². The van der Waals surface area contributed by atoms with Crippen LogP contribution in [0.1, 0.15) is 18.4 Å². The van der Waals surface area contributed by atoms with Gasteiger partial charge in [-0.25, -0.2) is 4.39 Å². The Kier molecular flexibility index (Phi) is 3.11. The number of rotatable bonds is 5. The zero-order valence-electron chi connectivity index (χ0n) is 10.1. The van der Waals surface area contributed by atoms with Crippen molar-refractivity contribution >= 4 is 0 Å². The molecule has 0 amide bonds. The van der Waals surface area contributed by atoms with Crippen LogP contribution < -0.4 is 5.32 Å². The van der Waals surface area contributed by atoms with Crippen molar-refractivity contribution in [1.29, 1.82) is 0 Å². The second-order valence-corrected chi connectivity index (χ2v) is 4.85. The molecule has 1 saturated carbocycles. The van der Waals surface area contributed by atoms with Crippen molar-refractivity contribution in [2.75, 3.05) is 6.54 Å². The number of hydrogen-bond donors (Lipinski definition) is 2. The van der Waals surface area contributed by atoms with Crippen LogP contribution >= 0.6 is 0 Å². The van der Waals surface area contributed by atoms with Gasteiger partial charge in [0.15, 0.2) is 0 Å². The van der Waals surface area contributed by atoms with Crippen molar-refractivity contribution in [2.24, 2.45) is 5.92 Å². The third-order valence-electron chi connectivity index (χ3n) is 3.30. The molecule has 1 aliphatic rings. The lowest BCUT2D eigenvalue weighted by atomic mass is 10.1. The summed E-state index contributed by atoms with van der Waals surface area (Å²) in [5.74, 6) is 0.651. The molecule has 3 rings (SSSR count). The van der Waals surface area contributed by atoms with Crippen LogP contribution in [0.3, 0.4) is 0 Å². The SMILES string of the molecule is Fc1ccc(-c2[nH]ncc2CNCC2CC2)cc1. The minimum Gasteiger partial charge on any atom is -0.312 e. The van der Waals surface area contributed by atoms with Gasteiger partial charge < -0.3 is 5.32 Å². The van der Waals surface area contributed by atoms with Gasteiger partial charge >= 0.3 is 0 Å². The van der Waals surface area contributed by atoms with E-state index in [-0.39, 0.29) is 5.82 Å². The lowest BCUT2D eigenvalue weighted by Gasteiger charge is -2.05. The second-order valence-electron chi connectivity index (χ2n) is 4.85. The lowest BCUT2D eigenvalue weighted by Crippen LogP contribution is -2.16. The molecule has 18 heavy (non-hydrogen) atoms. The summed E-state index contributed by atoms with van der Waals surface area (Å²) in [5.41, 5.74) is 3.07. The Balaban J connectivity index is 1.71. The van der Waals surface area contributed by atoms with Crippen LogP contribution in [-0.4, -0.2) is 16.7 Å². The number of aromatic nitrogens is 2. The lowest BCUT2D eigenvalue weighted by molar-refractivity contribution is 0.628. The van der Waals surface area contributed by atoms with Crippen molar-refractivity contribution in [3.63, 3.8) is 0 Å². The van der Waals surface area contributed by atoms with Gasteiger partial charge in [-0.3, -0.25) is 5.10 Å². The van der Waals surface area contributed by atoms with E-state index in [4.69, 9.17) is 0 Å². The maximum Gasteiger partial charge on any atom is 0.123 e. The molecule has 1 aromatic heterocycles. The zero-order valence-corrected chi connectivity index (χ0v) is 10.1. The van der Waals surface area contributed by atoms with Gasteiger partial charge in [0.05, 0.1) is 11.9 Å².